The van der Waals surface area contributed by atoms with E-state index in [2.05, 4.69) is 0 Å². The Kier molecular flexibility index (Phi) is 6.66. The number of rotatable bonds is 2. The number of hydroxylamine groups is 1. The third-order valence-electron chi connectivity index (χ3n) is 5.35. The molecule has 2 aromatic carbocycles. The smallest absolute Gasteiger partial charge is 0.320 e. The number of ether oxygens (including phenoxy) is 1. The average Bonchev–Trinajstić information content (AvgIpc) is 3.21. The molecule has 154 valence electrons. The van der Waals surface area contributed by atoms with E-state index in [1.165, 1.54) is 0 Å². The van der Waals surface area contributed by atoms with E-state index in [0.717, 1.165) is 37.1 Å². The summed E-state index contributed by atoms with van der Waals surface area (Å²) in [7, 11) is 0. The molecule has 0 bridgehead atoms. The van der Waals surface area contributed by atoms with Crippen molar-refractivity contribution in [3.63, 3.8) is 0 Å². The minimum atomic E-state index is -0.597. The number of nitrogens with one attached hydrogen (secondary N) is 1. The summed E-state index contributed by atoms with van der Waals surface area (Å²) in [6, 6.07) is 14.6. The Balaban J connectivity index is 0.00000240. The summed E-state index contributed by atoms with van der Waals surface area (Å²) in [5.41, 5.74) is 3.78. The lowest BCUT2D eigenvalue weighted by atomic mass is 10.1. The van der Waals surface area contributed by atoms with Gasteiger partial charge in [-0.3, -0.25) is 10.0 Å². The van der Waals surface area contributed by atoms with Gasteiger partial charge in [-0.25, -0.2) is 10.3 Å². The van der Waals surface area contributed by atoms with Crippen LogP contribution < -0.4 is 10.2 Å². The van der Waals surface area contributed by atoms with Crippen LogP contribution in [0.25, 0.3) is 0 Å². The van der Waals surface area contributed by atoms with Crippen LogP contribution >= 0.6 is 13.5 Å². The Hall–Kier alpha value is -2.71. The molecule has 2 aliphatic heterocycles. The summed E-state index contributed by atoms with van der Waals surface area (Å²) < 4.78 is 6.02. The molecule has 2 aromatic rings. The van der Waals surface area contributed by atoms with Crippen molar-refractivity contribution in [3.8, 4) is 5.75 Å². The summed E-state index contributed by atoms with van der Waals surface area (Å²) in [6.07, 6.45) is 2.06. The van der Waals surface area contributed by atoms with Crippen LogP contribution in [-0.2, 0) is 6.54 Å². The van der Waals surface area contributed by atoms with E-state index in [4.69, 9.17) is 9.94 Å². The maximum atomic E-state index is 13.3. The van der Waals surface area contributed by atoms with Crippen molar-refractivity contribution in [2.24, 2.45) is 0 Å². The number of urea groups is 1. The van der Waals surface area contributed by atoms with E-state index < -0.39 is 5.91 Å². The standard InChI is InChI=1S/C21H23N3O4.H2S/c25-20(22-27)16-8-9-17-13-24(21(26)23-10-4-5-11-23)18(14-28-19(17)12-16)15-6-2-1-3-7-15;/h1-3,6-9,12,18,27H,4-5,10-11,13-14H2,(H,22,25);1H2/t18-;/m1./s1. The summed E-state index contributed by atoms with van der Waals surface area (Å²) in [6.45, 7) is 2.24. The normalized spacial score (nSPS) is 18.2. The molecule has 3 amide bonds. The predicted molar refractivity (Wildman–Crippen MR) is 112 cm³/mol. The lowest BCUT2D eigenvalue weighted by molar-refractivity contribution is 0.0706. The highest BCUT2D eigenvalue weighted by Gasteiger charge is 2.33. The fourth-order valence-corrected chi connectivity index (χ4v) is 3.82. The van der Waals surface area contributed by atoms with Crippen molar-refractivity contribution < 1.29 is 19.5 Å². The highest BCUT2D eigenvalue weighted by atomic mass is 32.1. The Morgan fingerprint density at radius 2 is 1.79 bits per heavy atom. The molecule has 0 aromatic heterocycles. The second-order valence-corrected chi connectivity index (χ2v) is 7.11. The predicted octanol–water partition coefficient (Wildman–Crippen LogP) is 3.07. The molecule has 2 N–H and O–H groups in total. The van der Waals surface area contributed by atoms with Crippen molar-refractivity contribution in [2.45, 2.75) is 25.4 Å². The second kappa shape index (κ2) is 9.19. The SMILES string of the molecule is O=C(NO)c1ccc2c(c1)OC[C@H](c1ccccc1)N(C(=O)N1CCCC1)C2.S. The van der Waals surface area contributed by atoms with Crippen molar-refractivity contribution >= 4 is 25.4 Å². The van der Waals surface area contributed by atoms with Gasteiger partial charge < -0.3 is 14.5 Å². The van der Waals surface area contributed by atoms with Crippen LogP contribution in [0.1, 0.15) is 40.4 Å². The van der Waals surface area contributed by atoms with Gasteiger partial charge in [0.05, 0.1) is 12.6 Å². The quantitative estimate of drug-likeness (QED) is 0.583. The van der Waals surface area contributed by atoms with Gasteiger partial charge in [0.25, 0.3) is 5.91 Å². The summed E-state index contributed by atoms with van der Waals surface area (Å²) in [4.78, 5) is 28.8. The van der Waals surface area contributed by atoms with Crippen LogP contribution in [0.15, 0.2) is 48.5 Å². The van der Waals surface area contributed by atoms with Crippen LogP contribution in [0.2, 0.25) is 0 Å². The van der Waals surface area contributed by atoms with Crippen molar-refractivity contribution in [1.29, 1.82) is 0 Å². The molecule has 0 saturated carbocycles. The van der Waals surface area contributed by atoms with E-state index in [-0.39, 0.29) is 25.6 Å². The number of amides is 3. The number of carbonyl (C=O) groups is 2. The average molecular weight is 416 g/mol. The first-order chi connectivity index (χ1) is 13.7. The number of hydrogen-bond acceptors (Lipinski definition) is 4. The fraction of sp³-hybridized carbons (Fsp3) is 0.333. The first-order valence-corrected chi connectivity index (χ1v) is 9.48. The molecule has 0 radical (unpaired) electrons. The lowest BCUT2D eigenvalue weighted by Gasteiger charge is -2.33. The topological polar surface area (TPSA) is 82.1 Å². The third-order valence-corrected chi connectivity index (χ3v) is 5.35. The lowest BCUT2D eigenvalue weighted by Crippen LogP contribution is -2.44. The van der Waals surface area contributed by atoms with Gasteiger partial charge >= 0.3 is 6.03 Å². The first kappa shape index (κ1) is 21.0. The molecule has 0 spiro atoms. The number of nitrogens with zero attached hydrogens (tertiary/aromatic N) is 2. The highest BCUT2D eigenvalue weighted by molar-refractivity contribution is 7.59. The molecule has 1 saturated heterocycles. The molecule has 2 aliphatic rings. The van der Waals surface area contributed by atoms with E-state index in [0.29, 0.717) is 24.5 Å². The molecule has 7 nitrogen and oxygen atoms in total. The van der Waals surface area contributed by atoms with Crippen LogP contribution in [-0.4, -0.2) is 46.6 Å². The van der Waals surface area contributed by atoms with Crippen molar-refractivity contribution in [2.75, 3.05) is 19.7 Å². The fourth-order valence-electron chi connectivity index (χ4n) is 3.82. The molecular formula is C21H25N3O4S. The number of hydrogen-bond donors (Lipinski definition) is 2. The molecule has 1 fully saturated rings. The van der Waals surface area contributed by atoms with Crippen LogP contribution in [0.5, 0.6) is 5.75 Å². The monoisotopic (exact) mass is 415 g/mol. The summed E-state index contributed by atoms with van der Waals surface area (Å²) in [5.74, 6) is -0.0426. The Bertz CT molecular complexity index is 871. The zero-order chi connectivity index (χ0) is 19.5. The van der Waals surface area contributed by atoms with Crippen molar-refractivity contribution in [3.05, 3.63) is 65.2 Å². The van der Waals surface area contributed by atoms with Gasteiger partial charge in [-0.05, 0) is 30.5 Å². The number of carbonyl (C=O) groups excluding carboxylic acids is 2. The van der Waals surface area contributed by atoms with E-state index in [1.54, 1.807) is 23.7 Å². The van der Waals surface area contributed by atoms with Gasteiger partial charge in [-0.15, -0.1) is 0 Å². The highest BCUT2D eigenvalue weighted by Crippen LogP contribution is 2.33. The summed E-state index contributed by atoms with van der Waals surface area (Å²) in [5, 5.41) is 8.88. The molecule has 4 rings (SSSR count). The van der Waals surface area contributed by atoms with Gasteiger partial charge in [0.15, 0.2) is 0 Å². The minimum Gasteiger partial charge on any atom is -0.491 e. The maximum Gasteiger partial charge on any atom is 0.320 e. The largest absolute Gasteiger partial charge is 0.491 e. The van der Waals surface area contributed by atoms with Gasteiger partial charge in [-0.2, -0.15) is 13.5 Å². The molecule has 1 atom stereocenters. The number of fused-ring (bicyclic) bond motifs is 1. The Morgan fingerprint density at radius 1 is 1.07 bits per heavy atom. The zero-order valence-corrected chi connectivity index (χ0v) is 17.0. The van der Waals surface area contributed by atoms with E-state index in [1.807, 2.05) is 40.1 Å². The van der Waals surface area contributed by atoms with Gasteiger partial charge in [0, 0.05) is 24.2 Å². The molecule has 8 heteroatoms. The summed E-state index contributed by atoms with van der Waals surface area (Å²) >= 11 is 0. The van der Waals surface area contributed by atoms with Gasteiger partial charge in [0.2, 0.25) is 0 Å². The van der Waals surface area contributed by atoms with E-state index in [9.17, 15) is 9.59 Å². The molecule has 0 aliphatic carbocycles. The molecule has 2 heterocycles. The zero-order valence-electron chi connectivity index (χ0n) is 16.0. The number of benzene rings is 2. The molecule has 29 heavy (non-hydrogen) atoms. The maximum absolute atomic E-state index is 13.3. The van der Waals surface area contributed by atoms with Crippen LogP contribution in [0.4, 0.5) is 4.79 Å². The second-order valence-electron chi connectivity index (χ2n) is 7.11. The minimum absolute atomic E-state index is 0. The van der Waals surface area contributed by atoms with Gasteiger partial charge in [-0.1, -0.05) is 36.4 Å². The third kappa shape index (κ3) is 4.33. The Morgan fingerprint density at radius 3 is 2.48 bits per heavy atom. The van der Waals surface area contributed by atoms with Crippen LogP contribution in [0.3, 0.4) is 0 Å². The molecular weight excluding hydrogens is 390 g/mol. The molecule has 0 unspecified atom stereocenters. The van der Waals surface area contributed by atoms with Gasteiger partial charge in [0.1, 0.15) is 12.4 Å². The van der Waals surface area contributed by atoms with E-state index >= 15 is 0 Å². The van der Waals surface area contributed by atoms with Crippen molar-refractivity contribution in [1.82, 2.24) is 15.3 Å². The van der Waals surface area contributed by atoms with Crippen LogP contribution in [0, 0.1) is 0 Å². The first-order valence-electron chi connectivity index (χ1n) is 9.48. The Labute approximate surface area is 176 Å². The number of likely N-dealkylation sites (tertiary alicyclic amines) is 1.